The number of nitrogens with zero attached hydrogens (tertiary/aromatic N) is 8. The zero-order valence-electron chi connectivity index (χ0n) is 26.5. The van der Waals surface area contributed by atoms with Gasteiger partial charge in [-0.3, -0.25) is 19.2 Å². The van der Waals surface area contributed by atoms with Gasteiger partial charge in [-0.05, 0) is 71.3 Å². The van der Waals surface area contributed by atoms with E-state index in [1.54, 1.807) is 0 Å². The van der Waals surface area contributed by atoms with Crippen molar-refractivity contribution in [1.29, 1.82) is 0 Å². The van der Waals surface area contributed by atoms with Crippen molar-refractivity contribution in [2.24, 2.45) is 0 Å². The molecule has 0 aromatic carbocycles. The third-order valence-electron chi connectivity index (χ3n) is 8.04. The molecule has 5 rings (SSSR count). The first-order chi connectivity index (χ1) is 21.4. The Bertz CT molecular complexity index is 1130. The van der Waals surface area contributed by atoms with Crippen molar-refractivity contribution in [1.82, 2.24) is 29.4 Å². The average molecular weight is 885 g/mol. The van der Waals surface area contributed by atoms with Crippen molar-refractivity contribution in [3.8, 4) is 0 Å². The van der Waals surface area contributed by atoms with Crippen LogP contribution in [0, 0.1) is 13.8 Å². The van der Waals surface area contributed by atoms with Gasteiger partial charge in [-0.15, -0.1) is 30.9 Å². The van der Waals surface area contributed by atoms with Crippen molar-refractivity contribution < 1.29 is 43.6 Å². The predicted molar refractivity (Wildman–Crippen MR) is 178 cm³/mol. The molecule has 0 radical (unpaired) electrons. The Balaban J connectivity index is 0.000000816. The third-order valence-corrected chi connectivity index (χ3v) is 8.04. The average Bonchev–Trinajstić information content (AvgIpc) is 3.54. The van der Waals surface area contributed by atoms with E-state index in [0.29, 0.717) is 6.04 Å². The monoisotopic (exact) mass is 886 g/mol. The van der Waals surface area contributed by atoms with Crippen LogP contribution in [-0.4, -0.2) is 74.7 Å². The van der Waals surface area contributed by atoms with Crippen LogP contribution in [0.4, 0.5) is 0 Å². The number of halogens is 4. The van der Waals surface area contributed by atoms with E-state index in [2.05, 4.69) is 63.4 Å². The summed E-state index contributed by atoms with van der Waals surface area (Å²) in [5.74, 6) is 0. The minimum absolute atomic E-state index is 0.479. The fraction of sp³-hybridized carbons (Fsp3) is 0.667. The fourth-order valence-corrected chi connectivity index (χ4v) is 5.96. The minimum atomic E-state index is -1.07. The van der Waals surface area contributed by atoms with Gasteiger partial charge < -0.3 is 10.6 Å². The first-order valence-corrected chi connectivity index (χ1v) is 36.3. The van der Waals surface area contributed by atoms with Crippen LogP contribution in [0.1, 0.15) is 67.7 Å². The Kier molecular flexibility index (Phi) is 20.4. The predicted octanol–water partition coefficient (Wildman–Crippen LogP) is 8.08. The van der Waals surface area contributed by atoms with Crippen molar-refractivity contribution in [2.45, 2.75) is 91.0 Å². The van der Waals surface area contributed by atoms with Crippen LogP contribution in [-0.2, 0) is 69.8 Å². The summed E-state index contributed by atoms with van der Waals surface area (Å²) in [5.41, 5.74) is 6.07. The van der Waals surface area contributed by atoms with Crippen LogP contribution in [0.5, 0.6) is 0 Å². The molecule has 0 N–H and O–H groups in total. The molecule has 3 aliphatic rings. The van der Waals surface area contributed by atoms with E-state index in [0.717, 1.165) is 84.7 Å². The second-order valence-electron chi connectivity index (χ2n) is 11.5. The summed E-state index contributed by atoms with van der Waals surface area (Å²) >= 11 is -2.13. The topological polar surface area (TPSA) is 70.3 Å². The van der Waals surface area contributed by atoms with E-state index < -0.39 is 43.6 Å². The van der Waals surface area contributed by atoms with E-state index >= 15 is 0 Å². The summed E-state index contributed by atoms with van der Waals surface area (Å²) in [6, 6.07) is 5.04. The standard InChI is InChI=1S/C30H46N8.2Cd.4ClH/c1-25-19-29-23-35(21-27-11-3-5-13-31-27)15-7-8-16-36(22-28-12-4-6-14-32-28)24-30-20-26(2)38(34-30)18-10-9-17-37(25)33-29;;;;;;/h3,5,11,19-20,28H,4,6-10,12-18,21-24H2,1-2H3;;;4*1H/q-2;2*+2;;;;/p-4. The van der Waals surface area contributed by atoms with E-state index in [9.17, 15) is 0 Å². The van der Waals surface area contributed by atoms with E-state index in [1.807, 2.05) is 0 Å². The van der Waals surface area contributed by atoms with Gasteiger partial charge in [0.1, 0.15) is 0 Å². The molecule has 5 heterocycles. The van der Waals surface area contributed by atoms with Crippen molar-refractivity contribution >= 4 is 33.3 Å². The van der Waals surface area contributed by atoms with Gasteiger partial charge in [0.05, 0.1) is 11.4 Å². The Labute approximate surface area is 302 Å². The molecule has 44 heavy (non-hydrogen) atoms. The molecule has 0 aliphatic carbocycles. The number of piperidine rings is 1. The number of hydrogen-bond acceptors (Lipinski definition) is 4. The normalized spacial score (nSPS) is 20.2. The zero-order chi connectivity index (χ0) is 31.6. The second kappa shape index (κ2) is 23.0. The summed E-state index contributed by atoms with van der Waals surface area (Å²) in [7, 11) is 19.9. The van der Waals surface area contributed by atoms with Crippen LogP contribution in [0.15, 0.2) is 36.1 Å². The number of aromatic nitrogens is 4. The summed E-state index contributed by atoms with van der Waals surface area (Å²) in [5, 5.41) is 19.7. The molecule has 2 aromatic rings. The van der Waals surface area contributed by atoms with E-state index in [-0.39, 0.29) is 0 Å². The molecule has 14 heteroatoms. The summed E-state index contributed by atoms with van der Waals surface area (Å²) in [6.45, 7) is 14.0. The van der Waals surface area contributed by atoms with Gasteiger partial charge in [-0.2, -0.15) is 10.2 Å². The first kappa shape index (κ1) is 39.0. The number of rotatable bonds is 4. The van der Waals surface area contributed by atoms with Crippen molar-refractivity contribution in [2.75, 3.05) is 39.3 Å². The van der Waals surface area contributed by atoms with Crippen LogP contribution in [0.3, 0.4) is 0 Å². The summed E-state index contributed by atoms with van der Waals surface area (Å²) < 4.78 is 4.40. The van der Waals surface area contributed by atoms with Gasteiger partial charge in [-0.25, -0.2) is 0 Å². The molecule has 1 fully saturated rings. The Hall–Kier alpha value is 0.584. The quantitative estimate of drug-likeness (QED) is 0.292. The maximum absolute atomic E-state index is 5.02. The van der Waals surface area contributed by atoms with Crippen LogP contribution in [0.25, 0.3) is 10.6 Å². The molecule has 8 nitrogen and oxygen atoms in total. The molecule has 4 bridgehead atoms. The van der Waals surface area contributed by atoms with Gasteiger partial charge in [0.15, 0.2) is 0 Å². The van der Waals surface area contributed by atoms with Gasteiger partial charge in [0.2, 0.25) is 0 Å². The van der Waals surface area contributed by atoms with Crippen LogP contribution >= 0.6 is 33.3 Å². The Morgan fingerprint density at radius 1 is 0.795 bits per heavy atom. The number of fused-ring (bicyclic) bond motifs is 4. The number of aryl methyl sites for hydroxylation is 4. The maximum atomic E-state index is 5.02. The molecule has 3 aliphatic heterocycles. The van der Waals surface area contributed by atoms with Gasteiger partial charge in [-0.1, -0.05) is 31.4 Å². The van der Waals surface area contributed by atoms with E-state index in [4.69, 9.17) is 54.1 Å². The molecule has 1 saturated heterocycles. The van der Waals surface area contributed by atoms with Gasteiger partial charge in [0.25, 0.3) is 0 Å². The fourth-order valence-electron chi connectivity index (χ4n) is 5.96. The molecule has 0 spiro atoms. The Morgan fingerprint density at radius 2 is 1.36 bits per heavy atom. The number of allylic oxidation sites excluding steroid dienone is 2. The molecular weight excluding hydrogens is 839 g/mol. The van der Waals surface area contributed by atoms with Gasteiger partial charge in [0, 0.05) is 44.1 Å². The third kappa shape index (κ3) is 14.8. The molecule has 240 valence electrons. The molecule has 1 atom stereocenters. The SMILES string of the molecule is Cc1cc2nn1CCCCn1nc(cc1C)CN(CC1CCCC[N-]1)CCCCN(CC1=CC=CC[N-]1)C2.[Cl][Cd][Cl].[Cl][Cd][Cl]. The van der Waals surface area contributed by atoms with Crippen LogP contribution in [0.2, 0.25) is 0 Å². The number of hydrogen-bond donors (Lipinski definition) is 0. The van der Waals surface area contributed by atoms with Gasteiger partial charge >= 0.3 is 76.8 Å². The molecule has 0 saturated carbocycles. The zero-order valence-corrected chi connectivity index (χ0v) is 37.6. The molecule has 0 amide bonds. The van der Waals surface area contributed by atoms with Crippen LogP contribution < -0.4 is 0 Å². The summed E-state index contributed by atoms with van der Waals surface area (Å²) in [6.07, 6.45) is 14.8. The Morgan fingerprint density at radius 3 is 1.91 bits per heavy atom. The van der Waals surface area contributed by atoms with E-state index in [1.165, 1.54) is 54.2 Å². The van der Waals surface area contributed by atoms with Crippen molar-refractivity contribution in [3.05, 3.63) is 69.5 Å². The second-order valence-corrected chi connectivity index (χ2v) is 23.5. The summed E-state index contributed by atoms with van der Waals surface area (Å²) in [4.78, 5) is 5.16. The molecule has 2 aromatic heterocycles. The molecule has 1 unspecified atom stereocenters. The first-order valence-electron chi connectivity index (χ1n) is 15.9. The molecular formula is C30H46Cd2Cl4N8-2. The van der Waals surface area contributed by atoms with Crippen molar-refractivity contribution in [3.63, 3.8) is 0 Å².